The number of rotatable bonds is 5. The molecular formula is C23H19FN4O3S. The van der Waals surface area contributed by atoms with Gasteiger partial charge in [-0.3, -0.25) is 19.0 Å². The van der Waals surface area contributed by atoms with Gasteiger partial charge in [-0.15, -0.1) is 11.3 Å². The molecule has 1 N–H and O–H groups in total. The van der Waals surface area contributed by atoms with Crippen LogP contribution in [0.15, 0.2) is 65.0 Å². The Bertz CT molecular complexity index is 1360. The van der Waals surface area contributed by atoms with E-state index in [0.29, 0.717) is 32.6 Å². The van der Waals surface area contributed by atoms with Crippen LogP contribution in [0, 0.1) is 5.82 Å². The molecule has 4 aromatic rings. The molecule has 0 bridgehead atoms. The van der Waals surface area contributed by atoms with Crippen molar-refractivity contribution >= 4 is 39.1 Å². The van der Waals surface area contributed by atoms with E-state index in [-0.39, 0.29) is 23.8 Å². The number of hydrogen-bond acceptors (Lipinski definition) is 5. The Morgan fingerprint density at radius 3 is 2.44 bits per heavy atom. The summed E-state index contributed by atoms with van der Waals surface area (Å²) in [5.74, 6) is -0.903. The summed E-state index contributed by atoms with van der Waals surface area (Å²) in [5.41, 5.74) is 2.02. The molecular weight excluding hydrogens is 431 g/mol. The van der Waals surface area contributed by atoms with Crippen molar-refractivity contribution in [3.8, 4) is 11.1 Å². The molecule has 162 valence electrons. The van der Waals surface area contributed by atoms with Crippen molar-refractivity contribution in [2.45, 2.75) is 6.54 Å². The highest BCUT2D eigenvalue weighted by Gasteiger charge is 2.15. The number of carbonyl (C=O) groups is 2. The van der Waals surface area contributed by atoms with Gasteiger partial charge in [0.2, 0.25) is 5.91 Å². The van der Waals surface area contributed by atoms with Gasteiger partial charge in [-0.25, -0.2) is 9.37 Å². The summed E-state index contributed by atoms with van der Waals surface area (Å²) in [6, 6.07) is 12.4. The van der Waals surface area contributed by atoms with E-state index >= 15 is 0 Å². The van der Waals surface area contributed by atoms with Crippen molar-refractivity contribution in [3.05, 3.63) is 82.0 Å². The Balaban J connectivity index is 1.55. The van der Waals surface area contributed by atoms with Gasteiger partial charge in [-0.1, -0.05) is 12.1 Å². The maximum atomic E-state index is 13.3. The number of nitrogens with zero attached hydrogens (tertiary/aromatic N) is 3. The second kappa shape index (κ2) is 8.72. The Morgan fingerprint density at radius 2 is 1.78 bits per heavy atom. The zero-order valence-corrected chi connectivity index (χ0v) is 18.1. The van der Waals surface area contributed by atoms with E-state index in [9.17, 15) is 18.8 Å². The van der Waals surface area contributed by atoms with Gasteiger partial charge in [-0.2, -0.15) is 0 Å². The molecule has 2 amide bonds. The van der Waals surface area contributed by atoms with E-state index < -0.39 is 5.91 Å². The Morgan fingerprint density at radius 1 is 1.09 bits per heavy atom. The number of fused-ring (bicyclic) bond motifs is 1. The van der Waals surface area contributed by atoms with E-state index in [1.54, 1.807) is 55.9 Å². The van der Waals surface area contributed by atoms with E-state index in [4.69, 9.17) is 0 Å². The van der Waals surface area contributed by atoms with Crippen molar-refractivity contribution in [2.75, 3.05) is 19.4 Å². The number of thiophene rings is 1. The zero-order valence-electron chi connectivity index (χ0n) is 17.3. The van der Waals surface area contributed by atoms with Gasteiger partial charge < -0.3 is 10.2 Å². The standard InChI is InChI=1S/C23H19FN4O3S/c1-27(2)22(30)15-5-9-17(10-6-15)26-19(29)11-28-13-25-21-20(23(28)31)18(12-32-21)14-3-7-16(24)8-4-14/h3-10,12-13H,11H2,1-2H3,(H,26,29). The lowest BCUT2D eigenvalue weighted by Gasteiger charge is -2.11. The van der Waals surface area contributed by atoms with Crippen LogP contribution in [0.3, 0.4) is 0 Å². The number of hydrogen-bond donors (Lipinski definition) is 1. The number of aromatic nitrogens is 2. The fourth-order valence-electron chi connectivity index (χ4n) is 3.23. The summed E-state index contributed by atoms with van der Waals surface area (Å²) < 4.78 is 14.5. The van der Waals surface area contributed by atoms with Gasteiger partial charge in [-0.05, 0) is 42.0 Å². The lowest BCUT2D eigenvalue weighted by atomic mass is 10.1. The van der Waals surface area contributed by atoms with Gasteiger partial charge in [0.05, 0.1) is 11.7 Å². The van der Waals surface area contributed by atoms with E-state index in [0.717, 1.165) is 0 Å². The molecule has 0 unspecified atom stereocenters. The van der Waals surface area contributed by atoms with Gasteiger partial charge >= 0.3 is 0 Å². The largest absolute Gasteiger partial charge is 0.345 e. The quantitative estimate of drug-likeness (QED) is 0.504. The van der Waals surface area contributed by atoms with Gasteiger partial charge in [0.15, 0.2) is 0 Å². The first-order valence-electron chi connectivity index (χ1n) is 9.67. The lowest BCUT2D eigenvalue weighted by Crippen LogP contribution is -2.27. The van der Waals surface area contributed by atoms with Crippen LogP contribution in [0.1, 0.15) is 10.4 Å². The molecule has 0 fully saturated rings. The third-order valence-electron chi connectivity index (χ3n) is 4.85. The summed E-state index contributed by atoms with van der Waals surface area (Å²) >= 11 is 1.31. The molecule has 0 saturated carbocycles. The number of nitrogens with one attached hydrogen (secondary N) is 1. The lowest BCUT2D eigenvalue weighted by molar-refractivity contribution is -0.116. The molecule has 7 nitrogen and oxygen atoms in total. The van der Waals surface area contributed by atoms with Crippen LogP contribution in [0.25, 0.3) is 21.3 Å². The normalized spacial score (nSPS) is 10.8. The fourth-order valence-corrected chi connectivity index (χ4v) is 4.14. The Hall–Kier alpha value is -3.85. The number of carbonyl (C=O) groups excluding carboxylic acids is 2. The SMILES string of the molecule is CN(C)C(=O)c1ccc(NC(=O)Cn2cnc3scc(-c4ccc(F)cc4)c3c2=O)cc1. The predicted octanol–water partition coefficient (Wildman–Crippen LogP) is 3.60. The van der Waals surface area contributed by atoms with Crippen LogP contribution in [-0.2, 0) is 11.3 Å². The Labute approximate surface area is 186 Å². The van der Waals surface area contributed by atoms with Gasteiger partial charge in [0.1, 0.15) is 17.2 Å². The van der Waals surface area contributed by atoms with Crippen molar-refractivity contribution in [2.24, 2.45) is 0 Å². The average molecular weight is 450 g/mol. The van der Waals surface area contributed by atoms with Crippen LogP contribution in [0.2, 0.25) is 0 Å². The zero-order chi connectivity index (χ0) is 22.8. The maximum absolute atomic E-state index is 13.3. The molecule has 0 radical (unpaired) electrons. The summed E-state index contributed by atoms with van der Waals surface area (Å²) in [4.78, 5) is 43.8. The first kappa shape index (κ1) is 21.4. The minimum atomic E-state index is -0.404. The molecule has 32 heavy (non-hydrogen) atoms. The molecule has 4 rings (SSSR count). The molecule has 2 aromatic carbocycles. The molecule has 0 atom stereocenters. The van der Waals surface area contributed by atoms with Crippen LogP contribution >= 0.6 is 11.3 Å². The Kier molecular flexibility index (Phi) is 5.83. The van der Waals surface area contributed by atoms with Crippen molar-refractivity contribution in [1.82, 2.24) is 14.5 Å². The molecule has 0 spiro atoms. The third kappa shape index (κ3) is 4.28. The van der Waals surface area contributed by atoms with Crippen LogP contribution < -0.4 is 10.9 Å². The second-order valence-corrected chi connectivity index (χ2v) is 8.20. The van der Waals surface area contributed by atoms with Gasteiger partial charge in [0.25, 0.3) is 11.5 Å². The summed E-state index contributed by atoms with van der Waals surface area (Å²) in [7, 11) is 3.32. The summed E-state index contributed by atoms with van der Waals surface area (Å²) in [6.07, 6.45) is 1.34. The number of halogens is 1. The first-order valence-corrected chi connectivity index (χ1v) is 10.6. The molecule has 9 heteroatoms. The molecule has 0 aliphatic carbocycles. The highest BCUT2D eigenvalue weighted by molar-refractivity contribution is 7.17. The highest BCUT2D eigenvalue weighted by Crippen LogP contribution is 2.30. The minimum Gasteiger partial charge on any atom is -0.345 e. The average Bonchev–Trinajstić information content (AvgIpc) is 3.21. The van der Waals surface area contributed by atoms with Crippen LogP contribution in [0.5, 0.6) is 0 Å². The smallest absolute Gasteiger partial charge is 0.263 e. The van der Waals surface area contributed by atoms with Crippen molar-refractivity contribution in [3.63, 3.8) is 0 Å². The summed E-state index contributed by atoms with van der Waals surface area (Å²) in [5, 5.41) is 4.91. The van der Waals surface area contributed by atoms with E-state index in [1.807, 2.05) is 0 Å². The molecule has 0 aliphatic heterocycles. The van der Waals surface area contributed by atoms with E-state index in [1.165, 1.54) is 39.3 Å². The van der Waals surface area contributed by atoms with Crippen molar-refractivity contribution in [1.29, 1.82) is 0 Å². The third-order valence-corrected chi connectivity index (χ3v) is 5.74. The summed E-state index contributed by atoms with van der Waals surface area (Å²) in [6.45, 7) is -0.223. The topological polar surface area (TPSA) is 84.3 Å². The van der Waals surface area contributed by atoms with Crippen LogP contribution in [-0.4, -0.2) is 40.4 Å². The van der Waals surface area contributed by atoms with E-state index in [2.05, 4.69) is 10.3 Å². The fraction of sp³-hybridized carbons (Fsp3) is 0.130. The molecule has 0 aliphatic rings. The van der Waals surface area contributed by atoms with Crippen LogP contribution in [0.4, 0.5) is 10.1 Å². The molecule has 2 aromatic heterocycles. The monoisotopic (exact) mass is 450 g/mol. The number of anilines is 1. The maximum Gasteiger partial charge on any atom is 0.263 e. The predicted molar refractivity (Wildman–Crippen MR) is 122 cm³/mol. The second-order valence-electron chi connectivity index (χ2n) is 7.34. The number of benzene rings is 2. The first-order chi connectivity index (χ1) is 15.3. The van der Waals surface area contributed by atoms with Crippen molar-refractivity contribution < 1.29 is 14.0 Å². The van der Waals surface area contributed by atoms with Gasteiger partial charge in [0, 0.05) is 36.3 Å². The minimum absolute atomic E-state index is 0.137. The highest BCUT2D eigenvalue weighted by atomic mass is 32.1. The molecule has 2 heterocycles. The molecule has 0 saturated heterocycles. The number of amides is 2.